The number of likely N-dealkylation sites (tertiary alicyclic amines) is 1. The first-order chi connectivity index (χ1) is 8.99. The van der Waals surface area contributed by atoms with Crippen LogP contribution in [0.2, 0.25) is 5.02 Å². The van der Waals surface area contributed by atoms with E-state index in [1.165, 1.54) is 0 Å². The van der Waals surface area contributed by atoms with Crippen LogP contribution in [0.5, 0.6) is 5.75 Å². The first kappa shape index (κ1) is 13.2. The molecule has 1 fully saturated rings. The molecule has 0 bridgehead atoms. The monoisotopic (exact) mass is 281 g/mol. The number of rotatable bonds is 0. The van der Waals surface area contributed by atoms with Crippen LogP contribution >= 0.6 is 11.6 Å². The van der Waals surface area contributed by atoms with Crippen LogP contribution < -0.4 is 4.74 Å². The first-order valence-corrected chi connectivity index (χ1v) is 7.24. The molecule has 0 aromatic heterocycles. The van der Waals surface area contributed by atoms with E-state index in [2.05, 4.69) is 18.9 Å². The molecule has 1 spiro atoms. The third-order valence-electron chi connectivity index (χ3n) is 4.56. The molecule has 3 atom stereocenters. The van der Waals surface area contributed by atoms with Gasteiger partial charge in [-0.25, -0.2) is 0 Å². The van der Waals surface area contributed by atoms with E-state index in [0.717, 1.165) is 30.7 Å². The van der Waals surface area contributed by atoms with Gasteiger partial charge in [0.2, 0.25) is 0 Å². The van der Waals surface area contributed by atoms with Crippen LogP contribution in [0.15, 0.2) is 18.2 Å². The van der Waals surface area contributed by atoms with Gasteiger partial charge in [0.1, 0.15) is 11.4 Å². The lowest BCUT2D eigenvalue weighted by Gasteiger charge is -2.47. The molecule has 2 aliphatic rings. The van der Waals surface area contributed by atoms with Crippen LogP contribution in [0.3, 0.4) is 0 Å². The summed E-state index contributed by atoms with van der Waals surface area (Å²) in [5.41, 5.74) is 0.608. The van der Waals surface area contributed by atoms with Crippen molar-refractivity contribution in [1.29, 1.82) is 0 Å². The Bertz CT molecular complexity index is 493. The molecule has 4 heteroatoms. The lowest BCUT2D eigenvalue weighted by Crippen LogP contribution is -2.52. The van der Waals surface area contributed by atoms with Crippen LogP contribution in [0.4, 0.5) is 0 Å². The van der Waals surface area contributed by atoms with Gasteiger partial charge in [0.25, 0.3) is 0 Å². The second kappa shape index (κ2) is 4.65. The van der Waals surface area contributed by atoms with Crippen molar-refractivity contribution in [2.45, 2.75) is 43.9 Å². The summed E-state index contributed by atoms with van der Waals surface area (Å²) < 4.78 is 6.26. The third kappa shape index (κ3) is 2.35. The maximum Gasteiger partial charge on any atom is 0.126 e. The van der Waals surface area contributed by atoms with Crippen LogP contribution in [0.1, 0.15) is 37.9 Å². The van der Waals surface area contributed by atoms with Gasteiger partial charge in [0.15, 0.2) is 0 Å². The molecule has 3 rings (SSSR count). The summed E-state index contributed by atoms with van der Waals surface area (Å²) in [6, 6.07) is 6.00. The number of aliphatic hydroxyl groups excluding tert-OH is 1. The Morgan fingerprint density at radius 1 is 1.42 bits per heavy atom. The van der Waals surface area contributed by atoms with E-state index in [1.807, 2.05) is 18.2 Å². The fourth-order valence-electron chi connectivity index (χ4n) is 3.28. The summed E-state index contributed by atoms with van der Waals surface area (Å²) in [6.07, 6.45) is 2.12. The highest BCUT2D eigenvalue weighted by Crippen LogP contribution is 2.45. The molecule has 1 saturated heterocycles. The second-order valence-electron chi connectivity index (χ2n) is 5.97. The molecule has 0 saturated carbocycles. The van der Waals surface area contributed by atoms with Crippen LogP contribution in [-0.2, 0) is 0 Å². The van der Waals surface area contributed by atoms with Crippen molar-refractivity contribution in [2.75, 3.05) is 13.6 Å². The Morgan fingerprint density at radius 3 is 2.95 bits per heavy atom. The fourth-order valence-corrected chi connectivity index (χ4v) is 3.47. The topological polar surface area (TPSA) is 32.7 Å². The number of benzene rings is 1. The highest BCUT2D eigenvalue weighted by atomic mass is 35.5. The average Bonchev–Trinajstić information content (AvgIpc) is 2.36. The number of halogens is 1. The van der Waals surface area contributed by atoms with Gasteiger partial charge < -0.3 is 14.7 Å². The summed E-state index contributed by atoms with van der Waals surface area (Å²) >= 11 is 5.99. The van der Waals surface area contributed by atoms with Crippen molar-refractivity contribution >= 4 is 11.6 Å². The largest absolute Gasteiger partial charge is 0.487 e. The second-order valence-corrected chi connectivity index (χ2v) is 6.41. The van der Waals surface area contributed by atoms with Crippen LogP contribution in [0, 0.1) is 0 Å². The molecule has 2 aliphatic heterocycles. The molecule has 1 aromatic carbocycles. The van der Waals surface area contributed by atoms with Gasteiger partial charge in [0.05, 0.1) is 6.10 Å². The predicted octanol–water partition coefficient (Wildman–Crippen LogP) is 3.01. The van der Waals surface area contributed by atoms with E-state index in [1.54, 1.807) is 0 Å². The fraction of sp³-hybridized carbons (Fsp3) is 0.600. The number of piperidine rings is 1. The van der Waals surface area contributed by atoms with Gasteiger partial charge in [-0.05, 0) is 38.6 Å². The number of ether oxygens (including phenoxy) is 1. The minimum absolute atomic E-state index is 0.216. The molecule has 0 aliphatic carbocycles. The molecular weight excluding hydrogens is 262 g/mol. The summed E-state index contributed by atoms with van der Waals surface area (Å²) in [7, 11) is 2.14. The third-order valence-corrected chi connectivity index (χ3v) is 4.80. The average molecular weight is 282 g/mol. The lowest BCUT2D eigenvalue weighted by atomic mass is 9.79. The van der Waals surface area contributed by atoms with E-state index in [9.17, 15) is 5.11 Å². The van der Waals surface area contributed by atoms with E-state index in [-0.39, 0.29) is 5.60 Å². The summed E-state index contributed by atoms with van der Waals surface area (Å²) in [6.45, 7) is 3.23. The molecule has 0 radical (unpaired) electrons. The zero-order valence-electron chi connectivity index (χ0n) is 11.4. The molecule has 0 amide bonds. The molecule has 1 N–H and O–H groups in total. The molecule has 19 heavy (non-hydrogen) atoms. The number of hydrogen-bond donors (Lipinski definition) is 1. The van der Waals surface area contributed by atoms with Crippen molar-refractivity contribution in [1.82, 2.24) is 4.90 Å². The predicted molar refractivity (Wildman–Crippen MR) is 75.7 cm³/mol. The maximum atomic E-state index is 10.4. The minimum atomic E-state index is -0.474. The SMILES string of the molecule is CC1CC2(CCN1C)C[C@H](O)c1cc(Cl)ccc1O2. The van der Waals surface area contributed by atoms with Gasteiger partial charge in [-0.3, -0.25) is 0 Å². The van der Waals surface area contributed by atoms with Gasteiger partial charge in [-0.1, -0.05) is 11.6 Å². The van der Waals surface area contributed by atoms with Crippen molar-refractivity contribution in [2.24, 2.45) is 0 Å². The summed E-state index contributed by atoms with van der Waals surface area (Å²) in [5, 5.41) is 11.1. The van der Waals surface area contributed by atoms with Crippen LogP contribution in [-0.4, -0.2) is 35.2 Å². The van der Waals surface area contributed by atoms with E-state index < -0.39 is 6.10 Å². The highest BCUT2D eigenvalue weighted by molar-refractivity contribution is 6.30. The molecule has 2 unspecified atom stereocenters. The zero-order valence-corrected chi connectivity index (χ0v) is 12.2. The van der Waals surface area contributed by atoms with Crippen LogP contribution in [0.25, 0.3) is 0 Å². The van der Waals surface area contributed by atoms with E-state index in [0.29, 0.717) is 17.5 Å². The Kier molecular flexibility index (Phi) is 3.24. The van der Waals surface area contributed by atoms with E-state index >= 15 is 0 Å². The molecule has 3 nitrogen and oxygen atoms in total. The normalized spacial score (nSPS) is 34.9. The Balaban J connectivity index is 1.90. The molecule has 2 heterocycles. The first-order valence-electron chi connectivity index (χ1n) is 6.86. The van der Waals surface area contributed by atoms with Gasteiger partial charge in [0, 0.05) is 36.0 Å². The quantitative estimate of drug-likeness (QED) is 0.793. The van der Waals surface area contributed by atoms with Crippen molar-refractivity contribution in [3.63, 3.8) is 0 Å². The van der Waals surface area contributed by atoms with Gasteiger partial charge in [-0.15, -0.1) is 0 Å². The molecular formula is C15H20ClNO2. The molecule has 1 aromatic rings. The standard InChI is InChI=1S/C15H20ClNO2/c1-10-8-15(5-6-17(10)2)9-13(18)12-7-11(16)3-4-14(12)19-15/h3-4,7,10,13,18H,5-6,8-9H2,1-2H3/t10?,13-,15?/m0/s1. The van der Waals surface area contributed by atoms with Crippen molar-refractivity contribution in [3.05, 3.63) is 28.8 Å². The highest BCUT2D eigenvalue weighted by Gasteiger charge is 2.44. The minimum Gasteiger partial charge on any atom is -0.487 e. The zero-order chi connectivity index (χ0) is 13.6. The summed E-state index contributed by atoms with van der Waals surface area (Å²) in [4.78, 5) is 2.35. The number of hydrogen-bond acceptors (Lipinski definition) is 3. The number of fused-ring (bicyclic) bond motifs is 1. The van der Waals surface area contributed by atoms with E-state index in [4.69, 9.17) is 16.3 Å². The number of aliphatic hydroxyl groups is 1. The Labute approximate surface area is 119 Å². The maximum absolute atomic E-state index is 10.4. The van der Waals surface area contributed by atoms with Crippen molar-refractivity contribution < 1.29 is 9.84 Å². The smallest absolute Gasteiger partial charge is 0.126 e. The lowest BCUT2D eigenvalue weighted by molar-refractivity contribution is -0.0645. The summed E-state index contributed by atoms with van der Waals surface area (Å²) in [5.74, 6) is 0.792. The van der Waals surface area contributed by atoms with Gasteiger partial charge in [-0.2, -0.15) is 0 Å². The molecule has 104 valence electrons. The number of nitrogens with zero attached hydrogens (tertiary/aromatic N) is 1. The van der Waals surface area contributed by atoms with Crippen molar-refractivity contribution in [3.8, 4) is 5.75 Å². The van der Waals surface area contributed by atoms with Gasteiger partial charge >= 0.3 is 0 Å². The Hall–Kier alpha value is -0.770. The Morgan fingerprint density at radius 2 is 2.21 bits per heavy atom.